The third-order valence-electron chi connectivity index (χ3n) is 6.74. The second-order valence-electron chi connectivity index (χ2n) is 11.3. The topological polar surface area (TPSA) is 118 Å². The monoisotopic (exact) mass is 609 g/mol. The number of amides is 1. The van der Waals surface area contributed by atoms with Gasteiger partial charge in [-0.1, -0.05) is 36.4 Å². The molecule has 1 heterocycles. The molecule has 11 heteroatoms. The molecule has 9 nitrogen and oxygen atoms in total. The fraction of sp³-hybridized carbons (Fsp3) is 0.364. The zero-order chi connectivity index (χ0) is 31.7. The molecule has 0 aromatic heterocycles. The van der Waals surface area contributed by atoms with Crippen molar-refractivity contribution < 1.29 is 37.7 Å². The molecule has 3 aromatic carbocycles. The number of esters is 1. The number of ether oxygens (including phenoxy) is 3. The Labute approximate surface area is 255 Å². The van der Waals surface area contributed by atoms with Gasteiger partial charge in [-0.2, -0.15) is 0 Å². The summed E-state index contributed by atoms with van der Waals surface area (Å²) in [4.78, 5) is 31.7. The molecule has 2 atom stereocenters. The number of aliphatic imine (C=N–C) groups is 1. The zero-order valence-electron chi connectivity index (χ0n) is 24.9. The number of nitrogens with zero attached hydrogens (tertiary/aromatic N) is 1. The third kappa shape index (κ3) is 8.39. The van der Waals surface area contributed by atoms with E-state index in [1.54, 1.807) is 45.0 Å². The number of hydrogen-bond donors (Lipinski definition) is 3. The fourth-order valence-electron chi connectivity index (χ4n) is 4.67. The Hall–Kier alpha value is -4.35. The molecule has 0 unspecified atom stereocenters. The quantitative estimate of drug-likeness (QED) is 0.143. The van der Waals surface area contributed by atoms with Gasteiger partial charge in [0.05, 0.1) is 6.61 Å². The SMILES string of the molecule is CC(C)(C)OC(=O)CC[C@]1(C(=O)NNCc2ccc(F)c(F)c2)N=C(c2ccc(OCCCO)cc2)O[C@H]1c1ccccc1. The van der Waals surface area contributed by atoms with Gasteiger partial charge in [0.1, 0.15) is 11.4 Å². The van der Waals surface area contributed by atoms with Crippen LogP contribution < -0.4 is 15.6 Å². The second-order valence-corrected chi connectivity index (χ2v) is 11.3. The van der Waals surface area contributed by atoms with Crippen LogP contribution in [0.5, 0.6) is 5.75 Å². The molecule has 0 radical (unpaired) electrons. The number of hydrogen-bond acceptors (Lipinski definition) is 8. The number of nitrogens with one attached hydrogen (secondary N) is 2. The van der Waals surface area contributed by atoms with Crippen molar-refractivity contribution in [2.75, 3.05) is 13.2 Å². The van der Waals surface area contributed by atoms with Crippen LogP contribution in [0.25, 0.3) is 0 Å². The van der Waals surface area contributed by atoms with E-state index in [0.29, 0.717) is 35.5 Å². The Morgan fingerprint density at radius 3 is 2.41 bits per heavy atom. The van der Waals surface area contributed by atoms with Crippen molar-refractivity contribution >= 4 is 17.8 Å². The summed E-state index contributed by atoms with van der Waals surface area (Å²) in [5.74, 6) is -2.27. The van der Waals surface area contributed by atoms with Crippen LogP contribution in [-0.2, 0) is 25.6 Å². The summed E-state index contributed by atoms with van der Waals surface area (Å²) in [5, 5.41) is 9.00. The number of rotatable bonds is 13. The normalized spacial score (nSPS) is 17.9. The molecule has 1 aliphatic heterocycles. The Balaban J connectivity index is 1.65. The highest BCUT2D eigenvalue weighted by Crippen LogP contribution is 2.43. The van der Waals surface area contributed by atoms with Gasteiger partial charge in [-0.15, -0.1) is 0 Å². The first-order valence-electron chi connectivity index (χ1n) is 14.4. The summed E-state index contributed by atoms with van der Waals surface area (Å²) in [6.07, 6.45) is -0.594. The van der Waals surface area contributed by atoms with E-state index in [0.717, 1.165) is 12.1 Å². The maximum absolute atomic E-state index is 14.1. The van der Waals surface area contributed by atoms with Crippen LogP contribution in [0, 0.1) is 11.6 Å². The molecule has 0 saturated heterocycles. The molecule has 3 aromatic rings. The Bertz CT molecular complexity index is 1460. The predicted octanol–water partition coefficient (Wildman–Crippen LogP) is 4.93. The van der Waals surface area contributed by atoms with E-state index in [9.17, 15) is 18.4 Å². The van der Waals surface area contributed by atoms with Gasteiger partial charge in [-0.25, -0.2) is 19.2 Å². The first-order valence-corrected chi connectivity index (χ1v) is 14.4. The number of carbonyl (C=O) groups is 2. The fourth-order valence-corrected chi connectivity index (χ4v) is 4.67. The molecule has 4 rings (SSSR count). The van der Waals surface area contributed by atoms with Gasteiger partial charge in [-0.3, -0.25) is 15.0 Å². The summed E-state index contributed by atoms with van der Waals surface area (Å²) in [6.45, 7) is 5.65. The molecule has 234 valence electrons. The number of aliphatic hydroxyl groups excluding tert-OH is 1. The van der Waals surface area contributed by atoms with Gasteiger partial charge >= 0.3 is 5.97 Å². The molecule has 44 heavy (non-hydrogen) atoms. The van der Waals surface area contributed by atoms with Crippen LogP contribution in [0.1, 0.15) is 62.8 Å². The standard InChI is InChI=1S/C33H37F2N3O6/c1-32(2,3)44-28(40)16-17-33(31(41)38-36-21-22-10-15-26(34)27(35)20-22)29(23-8-5-4-6-9-23)43-30(37-33)24-11-13-25(14-12-24)42-19-7-18-39/h4-6,8-15,20,29,36,39H,7,16-19,21H2,1-3H3,(H,38,41)/t29-,33-/m0/s1. The summed E-state index contributed by atoms with van der Waals surface area (Å²) < 4.78 is 44.6. The molecule has 1 amide bonds. The highest BCUT2D eigenvalue weighted by Gasteiger charge is 2.53. The van der Waals surface area contributed by atoms with Crippen molar-refractivity contribution in [1.82, 2.24) is 10.9 Å². The lowest BCUT2D eigenvalue weighted by Gasteiger charge is -2.31. The Morgan fingerprint density at radius 1 is 1.02 bits per heavy atom. The second kappa shape index (κ2) is 14.4. The molecule has 0 spiro atoms. The predicted molar refractivity (Wildman–Crippen MR) is 160 cm³/mol. The molecular formula is C33H37F2N3O6. The highest BCUT2D eigenvalue weighted by molar-refractivity contribution is 6.01. The van der Waals surface area contributed by atoms with Gasteiger partial charge in [0.2, 0.25) is 5.90 Å². The van der Waals surface area contributed by atoms with E-state index in [2.05, 4.69) is 10.9 Å². The average molecular weight is 610 g/mol. The Morgan fingerprint density at radius 2 is 1.75 bits per heavy atom. The first-order chi connectivity index (χ1) is 21.0. The van der Waals surface area contributed by atoms with E-state index in [1.165, 1.54) is 6.07 Å². The maximum Gasteiger partial charge on any atom is 0.306 e. The summed E-state index contributed by atoms with van der Waals surface area (Å²) in [5.41, 5.74) is 4.74. The highest BCUT2D eigenvalue weighted by atomic mass is 19.2. The number of hydrazine groups is 1. The Kier molecular flexibility index (Phi) is 10.7. The van der Waals surface area contributed by atoms with Crippen LogP contribution in [0.2, 0.25) is 0 Å². The molecule has 3 N–H and O–H groups in total. The van der Waals surface area contributed by atoms with Crippen molar-refractivity contribution in [2.45, 2.75) is 63.8 Å². The molecule has 0 bridgehead atoms. The minimum absolute atomic E-state index is 0.00371. The minimum atomic E-state index is -1.61. The molecular weight excluding hydrogens is 572 g/mol. The van der Waals surface area contributed by atoms with Crippen molar-refractivity contribution in [3.63, 3.8) is 0 Å². The molecule has 0 fully saturated rings. The lowest BCUT2D eigenvalue weighted by Crippen LogP contribution is -2.52. The zero-order valence-corrected chi connectivity index (χ0v) is 24.9. The van der Waals surface area contributed by atoms with E-state index in [4.69, 9.17) is 24.3 Å². The van der Waals surface area contributed by atoms with Crippen molar-refractivity contribution in [2.24, 2.45) is 4.99 Å². The lowest BCUT2D eigenvalue weighted by atomic mass is 9.83. The maximum atomic E-state index is 14.1. The summed E-state index contributed by atoms with van der Waals surface area (Å²) >= 11 is 0. The van der Waals surface area contributed by atoms with Crippen molar-refractivity contribution in [3.05, 3.63) is 101 Å². The number of halogens is 2. The van der Waals surface area contributed by atoms with Crippen LogP contribution >= 0.6 is 0 Å². The third-order valence-corrected chi connectivity index (χ3v) is 6.74. The summed E-state index contributed by atoms with van der Waals surface area (Å²) in [7, 11) is 0. The van der Waals surface area contributed by atoms with E-state index in [-0.39, 0.29) is 31.9 Å². The molecule has 1 aliphatic rings. The average Bonchev–Trinajstić information content (AvgIpc) is 3.39. The van der Waals surface area contributed by atoms with Gasteiger partial charge < -0.3 is 19.3 Å². The van der Waals surface area contributed by atoms with Crippen LogP contribution in [0.3, 0.4) is 0 Å². The van der Waals surface area contributed by atoms with Crippen LogP contribution in [0.4, 0.5) is 8.78 Å². The van der Waals surface area contributed by atoms with Crippen LogP contribution in [-0.4, -0.2) is 47.2 Å². The lowest BCUT2D eigenvalue weighted by molar-refractivity contribution is -0.155. The largest absolute Gasteiger partial charge is 0.494 e. The molecule has 0 saturated carbocycles. The van der Waals surface area contributed by atoms with Gasteiger partial charge in [0.15, 0.2) is 23.3 Å². The van der Waals surface area contributed by atoms with Gasteiger partial charge in [0, 0.05) is 31.6 Å². The van der Waals surface area contributed by atoms with Crippen molar-refractivity contribution in [1.29, 1.82) is 0 Å². The minimum Gasteiger partial charge on any atom is -0.494 e. The van der Waals surface area contributed by atoms with E-state index >= 15 is 0 Å². The first kappa shape index (κ1) is 32.6. The van der Waals surface area contributed by atoms with E-state index < -0.39 is 40.8 Å². The van der Waals surface area contributed by atoms with Gasteiger partial charge in [0.25, 0.3) is 5.91 Å². The molecule has 0 aliphatic carbocycles. The smallest absolute Gasteiger partial charge is 0.306 e. The van der Waals surface area contributed by atoms with Gasteiger partial charge in [-0.05, 0) is 74.7 Å². The summed E-state index contributed by atoms with van der Waals surface area (Å²) in [6, 6.07) is 19.5. The van der Waals surface area contributed by atoms with E-state index in [1.807, 2.05) is 30.3 Å². The number of aliphatic hydroxyl groups is 1. The van der Waals surface area contributed by atoms with Crippen molar-refractivity contribution in [3.8, 4) is 5.75 Å². The van der Waals surface area contributed by atoms with Crippen LogP contribution in [0.15, 0.2) is 77.8 Å². The number of benzene rings is 3. The number of carbonyl (C=O) groups excluding carboxylic acids is 2.